The van der Waals surface area contributed by atoms with Gasteiger partial charge < -0.3 is 15.4 Å². The summed E-state index contributed by atoms with van der Waals surface area (Å²) in [6.45, 7) is 3.31. The van der Waals surface area contributed by atoms with Crippen LogP contribution in [-0.2, 0) is 42.0 Å². The van der Waals surface area contributed by atoms with Gasteiger partial charge in [-0.25, -0.2) is 14.2 Å². The predicted molar refractivity (Wildman–Crippen MR) is 99.9 cm³/mol. The Balaban J connectivity index is 1.58. The molecule has 0 spiro atoms. The van der Waals surface area contributed by atoms with Crippen molar-refractivity contribution in [1.82, 2.24) is 0 Å². The molecular weight excluding hydrogens is 380 g/mol. The Morgan fingerprint density at radius 2 is 1.34 bits per heavy atom. The van der Waals surface area contributed by atoms with Gasteiger partial charge in [0.15, 0.2) is 31.3 Å². The number of carbonyl (C=O) groups is 3. The van der Waals surface area contributed by atoms with Crippen molar-refractivity contribution in [3.63, 3.8) is 0 Å². The zero-order chi connectivity index (χ0) is 21.1. The lowest BCUT2D eigenvalue weighted by molar-refractivity contribution is -0.701. The molecule has 2 N–H and O–H groups in total. The molecule has 2 rings (SSSR count). The average Bonchev–Trinajstić information content (AvgIpc) is 2.66. The molecule has 10 nitrogen and oxygen atoms in total. The summed E-state index contributed by atoms with van der Waals surface area (Å²) in [4.78, 5) is 43.5. The summed E-state index contributed by atoms with van der Waals surface area (Å²) in [5.41, 5.74) is 1.35. The first-order chi connectivity index (χ1) is 13.9. The number of hydrogen-bond donors (Lipinski definition) is 2. The summed E-state index contributed by atoms with van der Waals surface area (Å²) >= 11 is 0. The van der Waals surface area contributed by atoms with E-state index in [9.17, 15) is 14.4 Å². The lowest BCUT2D eigenvalue weighted by Gasteiger charge is -2.04. The van der Waals surface area contributed by atoms with E-state index in [2.05, 4.69) is 10.6 Å². The fourth-order valence-corrected chi connectivity index (χ4v) is 2.26. The molecule has 154 valence electrons. The third kappa shape index (κ3) is 8.91. The van der Waals surface area contributed by atoms with Crippen LogP contribution in [0.1, 0.15) is 13.8 Å². The van der Waals surface area contributed by atoms with Crippen LogP contribution in [0.4, 0.5) is 11.4 Å². The first kappa shape index (κ1) is 21.9. The summed E-state index contributed by atoms with van der Waals surface area (Å²) < 4.78 is 8.38. The summed E-state index contributed by atoms with van der Waals surface area (Å²) in [6.07, 6.45) is 6.89. The molecule has 0 unspecified atom stereocenters. The molecule has 0 fully saturated rings. The van der Waals surface area contributed by atoms with Gasteiger partial charge in [-0.05, 0) is 0 Å². The third-order valence-electron chi connectivity index (χ3n) is 3.52. The van der Waals surface area contributed by atoms with Crippen molar-refractivity contribution in [2.24, 2.45) is 0 Å². The SMILES string of the molecule is CC(=O)Nc1cc[n+](CCOOCOC(=O)C[n+]2ccc(NC(C)=O)cc2)cc1. The highest BCUT2D eigenvalue weighted by atomic mass is 17.2. The van der Waals surface area contributed by atoms with Crippen LogP contribution in [0.3, 0.4) is 0 Å². The third-order valence-corrected chi connectivity index (χ3v) is 3.52. The molecule has 0 bridgehead atoms. The number of hydrogen-bond acceptors (Lipinski definition) is 6. The fraction of sp³-hybridized carbons (Fsp3) is 0.316. The van der Waals surface area contributed by atoms with E-state index >= 15 is 0 Å². The second-order valence-electron chi connectivity index (χ2n) is 6.02. The van der Waals surface area contributed by atoms with Crippen LogP contribution < -0.4 is 19.8 Å². The van der Waals surface area contributed by atoms with Crippen molar-refractivity contribution >= 4 is 29.2 Å². The van der Waals surface area contributed by atoms with Crippen LogP contribution in [0.25, 0.3) is 0 Å². The first-order valence-corrected chi connectivity index (χ1v) is 8.86. The summed E-state index contributed by atoms with van der Waals surface area (Å²) in [7, 11) is 0. The van der Waals surface area contributed by atoms with E-state index in [1.807, 2.05) is 4.57 Å². The highest BCUT2D eigenvalue weighted by Crippen LogP contribution is 2.02. The van der Waals surface area contributed by atoms with Crippen molar-refractivity contribution in [2.45, 2.75) is 26.9 Å². The molecule has 0 radical (unpaired) electrons. The van der Waals surface area contributed by atoms with E-state index in [1.165, 1.54) is 13.8 Å². The first-order valence-electron chi connectivity index (χ1n) is 8.86. The maximum atomic E-state index is 11.8. The average molecular weight is 404 g/mol. The van der Waals surface area contributed by atoms with E-state index in [0.717, 1.165) is 0 Å². The number of rotatable bonds is 10. The molecule has 2 heterocycles. The Bertz CT molecular complexity index is 824. The molecule has 2 aromatic heterocycles. The van der Waals surface area contributed by atoms with Gasteiger partial charge in [0.2, 0.25) is 25.2 Å². The number of carbonyl (C=O) groups excluding carboxylic acids is 3. The minimum atomic E-state index is -0.492. The Kier molecular flexibility index (Phi) is 8.67. The smallest absolute Gasteiger partial charge is 0.374 e. The van der Waals surface area contributed by atoms with Crippen LogP contribution in [0.15, 0.2) is 49.1 Å². The number of aromatic nitrogens is 2. The molecule has 0 aliphatic rings. The molecular formula is C19H24N4O6+2. The quantitative estimate of drug-likeness (QED) is 0.147. The molecule has 0 saturated carbocycles. The van der Waals surface area contributed by atoms with Gasteiger partial charge in [0.25, 0.3) is 0 Å². The van der Waals surface area contributed by atoms with Gasteiger partial charge in [-0.15, -0.1) is 0 Å². The highest BCUT2D eigenvalue weighted by molar-refractivity contribution is 5.88. The van der Waals surface area contributed by atoms with Crippen molar-refractivity contribution in [3.05, 3.63) is 49.1 Å². The normalized spacial score (nSPS) is 10.3. The van der Waals surface area contributed by atoms with Crippen LogP contribution >= 0.6 is 0 Å². The molecule has 29 heavy (non-hydrogen) atoms. The van der Waals surface area contributed by atoms with Crippen molar-refractivity contribution in [2.75, 3.05) is 24.0 Å². The van der Waals surface area contributed by atoms with Gasteiger partial charge in [0.05, 0.1) is 11.4 Å². The molecule has 0 aliphatic heterocycles. The number of nitrogens with zero attached hydrogens (tertiary/aromatic N) is 2. The Morgan fingerprint density at radius 1 is 0.828 bits per heavy atom. The number of ether oxygens (including phenoxy) is 1. The molecule has 0 aromatic carbocycles. The summed E-state index contributed by atoms with van der Waals surface area (Å²) in [5, 5.41) is 5.32. The second-order valence-corrected chi connectivity index (χ2v) is 6.02. The zero-order valence-electron chi connectivity index (χ0n) is 16.3. The lowest BCUT2D eigenvalue weighted by atomic mass is 10.4. The highest BCUT2D eigenvalue weighted by Gasteiger charge is 2.11. The second kappa shape index (κ2) is 11.5. The van der Waals surface area contributed by atoms with Crippen LogP contribution in [0.5, 0.6) is 0 Å². The molecule has 0 aliphatic carbocycles. The molecule has 0 atom stereocenters. The zero-order valence-corrected chi connectivity index (χ0v) is 16.3. The number of amides is 2. The predicted octanol–water partition coefficient (Wildman–Crippen LogP) is 0.328. The van der Waals surface area contributed by atoms with Crippen LogP contribution in [0.2, 0.25) is 0 Å². The number of esters is 1. The molecule has 2 aromatic rings. The largest absolute Gasteiger partial charge is 0.431 e. The van der Waals surface area contributed by atoms with E-state index < -0.39 is 5.97 Å². The number of anilines is 2. The lowest BCUT2D eigenvalue weighted by Crippen LogP contribution is -2.38. The van der Waals surface area contributed by atoms with Crippen molar-refractivity contribution in [3.8, 4) is 0 Å². The van der Waals surface area contributed by atoms with E-state index in [4.69, 9.17) is 14.5 Å². The molecule has 10 heteroatoms. The standard InChI is InChI=1S/C19H22N4O6/c1-15(24)20-17-3-7-22(8-4-17)11-12-28-29-14-27-19(26)13-23-9-5-18(6-10-23)21-16(2)25/h3-10H,11-14H2,1-2H3/p+2. The maximum Gasteiger partial charge on any atom is 0.374 e. The van der Waals surface area contributed by atoms with E-state index in [1.54, 1.807) is 53.6 Å². The minimum absolute atomic E-state index is 0.000209. The molecule has 2 amide bonds. The van der Waals surface area contributed by atoms with Gasteiger partial charge in [-0.1, -0.05) is 0 Å². The van der Waals surface area contributed by atoms with Crippen LogP contribution in [-0.4, -0.2) is 31.2 Å². The Hall–Kier alpha value is -3.37. The Morgan fingerprint density at radius 3 is 1.86 bits per heavy atom. The Labute approximate surface area is 167 Å². The van der Waals surface area contributed by atoms with E-state index in [-0.39, 0.29) is 31.8 Å². The fourth-order valence-electron chi connectivity index (χ4n) is 2.26. The monoisotopic (exact) mass is 404 g/mol. The van der Waals surface area contributed by atoms with Gasteiger partial charge in [-0.2, -0.15) is 9.45 Å². The number of nitrogens with one attached hydrogen (secondary N) is 2. The molecule has 0 saturated heterocycles. The number of pyridine rings is 2. The van der Waals surface area contributed by atoms with Crippen molar-refractivity contribution in [1.29, 1.82) is 0 Å². The van der Waals surface area contributed by atoms with Gasteiger partial charge in [0, 0.05) is 38.1 Å². The summed E-state index contributed by atoms with van der Waals surface area (Å²) in [6, 6.07) is 6.89. The van der Waals surface area contributed by atoms with Crippen LogP contribution in [0, 0.1) is 0 Å². The minimum Gasteiger partial charge on any atom is -0.431 e. The topological polar surface area (TPSA) is 111 Å². The summed E-state index contributed by atoms with van der Waals surface area (Å²) in [5.74, 6) is -0.789. The maximum absolute atomic E-state index is 11.8. The van der Waals surface area contributed by atoms with Gasteiger partial charge in [0.1, 0.15) is 6.61 Å². The van der Waals surface area contributed by atoms with E-state index in [0.29, 0.717) is 17.9 Å². The van der Waals surface area contributed by atoms with Gasteiger partial charge >= 0.3 is 5.97 Å². The van der Waals surface area contributed by atoms with Gasteiger partial charge in [-0.3, -0.25) is 9.59 Å². The van der Waals surface area contributed by atoms with Crippen molar-refractivity contribution < 1.29 is 38.0 Å².